The van der Waals surface area contributed by atoms with Crippen molar-refractivity contribution in [1.29, 1.82) is 5.26 Å². The van der Waals surface area contributed by atoms with Gasteiger partial charge < -0.3 is 0 Å². The number of rotatable bonds is 1. The van der Waals surface area contributed by atoms with E-state index in [1.165, 1.54) is 6.08 Å². The smallest absolute Gasteiger partial charge is 0.0912 e. The number of benzene rings is 1. The highest BCUT2D eigenvalue weighted by Crippen LogP contribution is 2.13. The Morgan fingerprint density at radius 1 is 1.29 bits per heavy atom. The van der Waals surface area contributed by atoms with Gasteiger partial charge in [0.2, 0.25) is 0 Å². The second-order valence-corrected chi connectivity index (χ2v) is 2.92. The average Bonchev–Trinajstić information content (AvgIpc) is 2.26. The fraction of sp³-hybridized carbons (Fsp3) is 0. The number of nitrogens with zero attached hydrogens (tertiary/aromatic N) is 2. The van der Waals surface area contributed by atoms with E-state index in [4.69, 9.17) is 5.26 Å². The minimum atomic E-state index is 0.974. The van der Waals surface area contributed by atoms with E-state index in [2.05, 4.69) is 4.98 Å². The molecule has 1 aromatic carbocycles. The summed E-state index contributed by atoms with van der Waals surface area (Å²) in [7, 11) is 0. The fourth-order valence-electron chi connectivity index (χ4n) is 1.33. The topological polar surface area (TPSA) is 36.7 Å². The van der Waals surface area contributed by atoms with Gasteiger partial charge in [-0.05, 0) is 29.8 Å². The molecule has 2 aromatic rings. The third-order valence-electron chi connectivity index (χ3n) is 1.98. The van der Waals surface area contributed by atoms with Crippen molar-refractivity contribution < 1.29 is 0 Å². The van der Waals surface area contributed by atoms with Crippen LogP contribution in [0.3, 0.4) is 0 Å². The van der Waals surface area contributed by atoms with Crippen LogP contribution in [0.1, 0.15) is 5.56 Å². The molecule has 0 saturated heterocycles. The molecule has 0 fully saturated rings. The quantitative estimate of drug-likeness (QED) is 0.633. The normalized spacial score (nSPS) is 10.5. The largest absolute Gasteiger partial charge is 0.256 e. The summed E-state index contributed by atoms with van der Waals surface area (Å²) in [6.45, 7) is 0. The first-order valence-corrected chi connectivity index (χ1v) is 4.31. The predicted molar refractivity (Wildman–Crippen MR) is 56.4 cm³/mol. The van der Waals surface area contributed by atoms with Crippen molar-refractivity contribution in [3.05, 3.63) is 48.2 Å². The van der Waals surface area contributed by atoms with E-state index in [0.717, 1.165) is 16.5 Å². The van der Waals surface area contributed by atoms with Crippen LogP contribution in [-0.2, 0) is 0 Å². The van der Waals surface area contributed by atoms with Crippen LogP contribution < -0.4 is 0 Å². The lowest BCUT2D eigenvalue weighted by atomic mass is 10.1. The Labute approximate surface area is 82.1 Å². The summed E-state index contributed by atoms with van der Waals surface area (Å²) in [6, 6.07) is 11.8. The monoisotopic (exact) mass is 180 g/mol. The van der Waals surface area contributed by atoms with Gasteiger partial charge in [0, 0.05) is 17.7 Å². The standard InChI is InChI=1S/C12H8N2/c13-7-1-3-10-5-6-12-11(9-10)4-2-8-14-12/h1-6,8-9H. The van der Waals surface area contributed by atoms with Crippen LogP contribution in [-0.4, -0.2) is 4.98 Å². The fourth-order valence-corrected chi connectivity index (χ4v) is 1.33. The zero-order valence-electron chi connectivity index (χ0n) is 7.51. The van der Waals surface area contributed by atoms with Crippen molar-refractivity contribution in [3.8, 4) is 6.07 Å². The van der Waals surface area contributed by atoms with Gasteiger partial charge in [-0.15, -0.1) is 0 Å². The Hall–Kier alpha value is -2.14. The van der Waals surface area contributed by atoms with Crippen molar-refractivity contribution in [2.75, 3.05) is 0 Å². The first kappa shape index (κ1) is 8.46. The molecule has 0 aliphatic carbocycles. The SMILES string of the molecule is N#CC=Cc1ccc2ncccc2c1. The molecule has 0 saturated carbocycles. The third-order valence-corrected chi connectivity index (χ3v) is 1.98. The van der Waals surface area contributed by atoms with Crippen LogP contribution in [0.5, 0.6) is 0 Å². The number of fused-ring (bicyclic) bond motifs is 1. The molecule has 2 nitrogen and oxygen atoms in total. The van der Waals surface area contributed by atoms with Gasteiger partial charge in [0.25, 0.3) is 0 Å². The maximum Gasteiger partial charge on any atom is 0.0912 e. The van der Waals surface area contributed by atoms with E-state index >= 15 is 0 Å². The maximum absolute atomic E-state index is 8.39. The molecule has 0 N–H and O–H groups in total. The highest BCUT2D eigenvalue weighted by molar-refractivity contribution is 5.81. The maximum atomic E-state index is 8.39. The average molecular weight is 180 g/mol. The second kappa shape index (κ2) is 3.71. The van der Waals surface area contributed by atoms with Gasteiger partial charge >= 0.3 is 0 Å². The Bertz CT molecular complexity index is 521. The molecule has 0 atom stereocenters. The number of hydrogen-bond donors (Lipinski definition) is 0. The lowest BCUT2D eigenvalue weighted by Crippen LogP contribution is -1.78. The van der Waals surface area contributed by atoms with Crippen LogP contribution in [0.25, 0.3) is 17.0 Å². The Morgan fingerprint density at radius 2 is 2.21 bits per heavy atom. The number of pyridine rings is 1. The van der Waals surface area contributed by atoms with E-state index in [0.29, 0.717) is 0 Å². The van der Waals surface area contributed by atoms with Gasteiger partial charge in [-0.3, -0.25) is 4.98 Å². The summed E-state index contributed by atoms with van der Waals surface area (Å²) in [4.78, 5) is 4.21. The van der Waals surface area contributed by atoms with Gasteiger partial charge in [-0.2, -0.15) is 5.26 Å². The molecule has 0 spiro atoms. The molecule has 66 valence electrons. The second-order valence-electron chi connectivity index (χ2n) is 2.92. The molecule has 0 unspecified atom stereocenters. The summed E-state index contributed by atoms with van der Waals surface area (Å²) in [5, 5.41) is 9.48. The van der Waals surface area contributed by atoms with Crippen LogP contribution in [0.4, 0.5) is 0 Å². The highest BCUT2D eigenvalue weighted by atomic mass is 14.6. The summed E-state index contributed by atoms with van der Waals surface area (Å²) in [6.07, 6.45) is 5.02. The lowest BCUT2D eigenvalue weighted by molar-refractivity contribution is 1.41. The molecular weight excluding hydrogens is 172 g/mol. The zero-order chi connectivity index (χ0) is 9.80. The van der Waals surface area contributed by atoms with Crippen molar-refractivity contribution in [1.82, 2.24) is 4.98 Å². The number of aromatic nitrogens is 1. The number of nitriles is 1. The van der Waals surface area contributed by atoms with E-state index < -0.39 is 0 Å². The summed E-state index contributed by atoms with van der Waals surface area (Å²) < 4.78 is 0. The first-order chi connectivity index (χ1) is 6.90. The molecule has 2 rings (SSSR count). The summed E-state index contributed by atoms with van der Waals surface area (Å²) in [5.41, 5.74) is 1.99. The molecule has 0 bridgehead atoms. The summed E-state index contributed by atoms with van der Waals surface area (Å²) >= 11 is 0. The van der Waals surface area contributed by atoms with E-state index in [1.54, 1.807) is 12.3 Å². The molecule has 1 aromatic heterocycles. The van der Waals surface area contributed by atoms with Gasteiger partial charge in [-0.25, -0.2) is 0 Å². The highest BCUT2D eigenvalue weighted by Gasteiger charge is 1.93. The van der Waals surface area contributed by atoms with Crippen molar-refractivity contribution in [2.45, 2.75) is 0 Å². The minimum Gasteiger partial charge on any atom is -0.256 e. The van der Waals surface area contributed by atoms with Gasteiger partial charge in [0.15, 0.2) is 0 Å². The minimum absolute atomic E-state index is 0.974. The van der Waals surface area contributed by atoms with E-state index in [1.807, 2.05) is 36.4 Å². The number of allylic oxidation sites excluding steroid dienone is 1. The third kappa shape index (κ3) is 1.62. The Balaban J connectivity index is 2.52. The molecular formula is C12H8N2. The van der Waals surface area contributed by atoms with Gasteiger partial charge in [-0.1, -0.05) is 12.1 Å². The molecule has 0 aliphatic rings. The Kier molecular flexibility index (Phi) is 2.24. The molecule has 0 aliphatic heterocycles. The Morgan fingerprint density at radius 3 is 3.07 bits per heavy atom. The van der Waals surface area contributed by atoms with Crippen molar-refractivity contribution in [2.24, 2.45) is 0 Å². The lowest BCUT2D eigenvalue weighted by Gasteiger charge is -1.97. The van der Waals surface area contributed by atoms with Crippen LogP contribution in [0.2, 0.25) is 0 Å². The zero-order valence-corrected chi connectivity index (χ0v) is 7.51. The molecule has 0 radical (unpaired) electrons. The first-order valence-electron chi connectivity index (χ1n) is 4.31. The number of hydrogen-bond acceptors (Lipinski definition) is 2. The summed E-state index contributed by atoms with van der Waals surface area (Å²) in [5.74, 6) is 0. The molecule has 2 heteroatoms. The van der Waals surface area contributed by atoms with Crippen LogP contribution >= 0.6 is 0 Å². The predicted octanol–water partition coefficient (Wildman–Crippen LogP) is 2.77. The van der Waals surface area contributed by atoms with Crippen LogP contribution in [0, 0.1) is 11.3 Å². The molecule has 0 amide bonds. The van der Waals surface area contributed by atoms with E-state index in [-0.39, 0.29) is 0 Å². The van der Waals surface area contributed by atoms with E-state index in [9.17, 15) is 0 Å². The van der Waals surface area contributed by atoms with Crippen molar-refractivity contribution >= 4 is 17.0 Å². The molecule has 14 heavy (non-hydrogen) atoms. The van der Waals surface area contributed by atoms with Crippen LogP contribution in [0.15, 0.2) is 42.6 Å². The van der Waals surface area contributed by atoms with Gasteiger partial charge in [0.1, 0.15) is 0 Å². The van der Waals surface area contributed by atoms with Gasteiger partial charge in [0.05, 0.1) is 11.6 Å². The van der Waals surface area contributed by atoms with Crippen molar-refractivity contribution in [3.63, 3.8) is 0 Å². The molecule has 1 heterocycles.